The molecule has 122 valence electrons. The van der Waals surface area contributed by atoms with Crippen LogP contribution < -0.4 is 16.0 Å². The Balaban J connectivity index is 1.47. The number of anilines is 2. The molecular weight excluding hydrogens is 297 g/mol. The molecule has 0 unspecified atom stereocenters. The maximum absolute atomic E-state index is 13.8. The maximum Gasteiger partial charge on any atom is 0.241 e. The second kappa shape index (κ2) is 6.68. The number of nitrogens with zero attached hydrogens (tertiary/aromatic N) is 3. The molecule has 2 heterocycles. The summed E-state index contributed by atoms with van der Waals surface area (Å²) >= 11 is 0. The summed E-state index contributed by atoms with van der Waals surface area (Å²) in [5, 5.41) is 6.89. The number of hydrogen-bond donors (Lipinski definition) is 2. The van der Waals surface area contributed by atoms with Crippen molar-refractivity contribution >= 4 is 17.3 Å². The Morgan fingerprint density at radius 2 is 2.26 bits per heavy atom. The van der Waals surface area contributed by atoms with Gasteiger partial charge in [0.2, 0.25) is 5.91 Å². The van der Waals surface area contributed by atoms with Crippen LogP contribution >= 0.6 is 0 Å². The first-order chi connectivity index (χ1) is 11.1. The van der Waals surface area contributed by atoms with Crippen molar-refractivity contribution in [3.8, 4) is 0 Å². The second-order valence-electron chi connectivity index (χ2n) is 5.83. The number of nitrogens with two attached hydrogens (primary N) is 1. The number of nitrogen functional groups attached to an aromatic ring is 1. The van der Waals surface area contributed by atoms with E-state index in [1.54, 1.807) is 18.3 Å². The van der Waals surface area contributed by atoms with Gasteiger partial charge in [0, 0.05) is 25.8 Å². The van der Waals surface area contributed by atoms with E-state index in [0.717, 1.165) is 19.5 Å². The maximum atomic E-state index is 13.8. The normalized spacial score (nSPS) is 17.4. The molecule has 1 fully saturated rings. The van der Waals surface area contributed by atoms with E-state index in [1.807, 2.05) is 11.0 Å². The van der Waals surface area contributed by atoms with Gasteiger partial charge in [-0.05, 0) is 24.5 Å². The fraction of sp³-hybridized carbons (Fsp3) is 0.375. The molecule has 1 atom stereocenters. The van der Waals surface area contributed by atoms with E-state index in [2.05, 4.69) is 10.4 Å². The molecule has 0 spiro atoms. The van der Waals surface area contributed by atoms with Gasteiger partial charge >= 0.3 is 0 Å². The number of benzene rings is 1. The molecule has 2 aromatic rings. The van der Waals surface area contributed by atoms with Gasteiger partial charge in [-0.25, -0.2) is 4.39 Å². The van der Waals surface area contributed by atoms with Crippen molar-refractivity contribution in [1.29, 1.82) is 0 Å². The van der Waals surface area contributed by atoms with Crippen molar-refractivity contribution in [2.75, 3.05) is 30.3 Å². The summed E-state index contributed by atoms with van der Waals surface area (Å²) in [5.74, 6) is 0.0205. The lowest BCUT2D eigenvalue weighted by atomic mass is 10.1. The molecule has 1 amide bonds. The number of para-hydroxylation sites is 1. The number of carbonyl (C=O) groups excluding carboxylic acids is 1. The van der Waals surface area contributed by atoms with Gasteiger partial charge < -0.3 is 16.0 Å². The minimum absolute atomic E-state index is 0.0996. The molecule has 1 aromatic heterocycles. The Morgan fingerprint density at radius 3 is 3.00 bits per heavy atom. The molecule has 1 saturated heterocycles. The summed E-state index contributed by atoms with van der Waals surface area (Å²) in [6.45, 7) is 2.29. The van der Waals surface area contributed by atoms with E-state index < -0.39 is 0 Å². The highest BCUT2D eigenvalue weighted by molar-refractivity contribution is 5.75. The summed E-state index contributed by atoms with van der Waals surface area (Å²) in [6.07, 6.45) is 4.06. The van der Waals surface area contributed by atoms with E-state index in [-0.39, 0.29) is 18.3 Å². The Kier molecular flexibility index (Phi) is 4.45. The number of aromatic nitrogens is 2. The summed E-state index contributed by atoms with van der Waals surface area (Å²) in [7, 11) is 0. The van der Waals surface area contributed by atoms with E-state index in [1.165, 1.54) is 16.9 Å². The Hall–Kier alpha value is -2.57. The molecule has 1 aromatic carbocycles. The van der Waals surface area contributed by atoms with Crippen molar-refractivity contribution in [1.82, 2.24) is 15.1 Å². The van der Waals surface area contributed by atoms with Crippen LogP contribution in [0.2, 0.25) is 0 Å². The largest absolute Gasteiger partial charge is 0.396 e. The molecule has 1 aliphatic heterocycles. The molecule has 3 N–H and O–H groups in total. The standard InChI is InChI=1S/C16H20FN5O/c17-14-3-1-2-4-15(14)21-6-5-12(9-21)7-19-16(23)11-22-10-13(18)8-20-22/h1-4,8,10,12H,5-7,9,11,18H2,(H,19,23)/t12-/m0/s1. The van der Waals surface area contributed by atoms with Gasteiger partial charge in [-0.3, -0.25) is 9.48 Å². The highest BCUT2D eigenvalue weighted by Gasteiger charge is 2.24. The van der Waals surface area contributed by atoms with Gasteiger partial charge in [-0.1, -0.05) is 12.1 Å². The monoisotopic (exact) mass is 317 g/mol. The molecule has 1 aliphatic rings. The predicted octanol–water partition coefficient (Wildman–Crippen LogP) is 1.25. The van der Waals surface area contributed by atoms with Crippen LogP contribution in [0.25, 0.3) is 0 Å². The van der Waals surface area contributed by atoms with Crippen LogP contribution in [0.5, 0.6) is 0 Å². The summed E-state index contributed by atoms with van der Waals surface area (Å²) in [4.78, 5) is 13.9. The predicted molar refractivity (Wildman–Crippen MR) is 86.4 cm³/mol. The average molecular weight is 317 g/mol. The number of rotatable bonds is 5. The van der Waals surface area contributed by atoms with Gasteiger partial charge in [-0.15, -0.1) is 0 Å². The molecule has 7 heteroatoms. The van der Waals surface area contributed by atoms with Gasteiger partial charge in [0.1, 0.15) is 12.4 Å². The van der Waals surface area contributed by atoms with E-state index in [9.17, 15) is 9.18 Å². The van der Waals surface area contributed by atoms with E-state index >= 15 is 0 Å². The van der Waals surface area contributed by atoms with Crippen LogP contribution in [0.4, 0.5) is 15.8 Å². The average Bonchev–Trinajstić information content (AvgIpc) is 3.15. The number of amides is 1. The molecule has 3 rings (SSSR count). The lowest BCUT2D eigenvalue weighted by Crippen LogP contribution is -2.33. The zero-order valence-corrected chi connectivity index (χ0v) is 12.8. The first-order valence-electron chi connectivity index (χ1n) is 7.66. The number of nitrogens with one attached hydrogen (secondary N) is 1. The van der Waals surface area contributed by atoms with E-state index in [0.29, 0.717) is 23.8 Å². The van der Waals surface area contributed by atoms with Gasteiger partial charge in [0.05, 0.1) is 17.6 Å². The quantitative estimate of drug-likeness (QED) is 0.870. The van der Waals surface area contributed by atoms with Crippen molar-refractivity contribution < 1.29 is 9.18 Å². The lowest BCUT2D eigenvalue weighted by Gasteiger charge is -2.19. The third kappa shape index (κ3) is 3.80. The van der Waals surface area contributed by atoms with Crippen LogP contribution in [0.15, 0.2) is 36.7 Å². The van der Waals surface area contributed by atoms with Crippen molar-refractivity contribution in [2.24, 2.45) is 5.92 Å². The summed E-state index contributed by atoms with van der Waals surface area (Å²) < 4.78 is 15.3. The first-order valence-corrected chi connectivity index (χ1v) is 7.66. The van der Waals surface area contributed by atoms with Crippen LogP contribution in [0.3, 0.4) is 0 Å². The van der Waals surface area contributed by atoms with Crippen molar-refractivity contribution in [3.63, 3.8) is 0 Å². The van der Waals surface area contributed by atoms with Crippen molar-refractivity contribution in [3.05, 3.63) is 42.5 Å². The minimum Gasteiger partial charge on any atom is -0.396 e. The molecule has 0 bridgehead atoms. The number of carbonyl (C=O) groups is 1. The lowest BCUT2D eigenvalue weighted by molar-refractivity contribution is -0.122. The van der Waals surface area contributed by atoms with E-state index in [4.69, 9.17) is 5.73 Å². The zero-order valence-electron chi connectivity index (χ0n) is 12.8. The first kappa shape index (κ1) is 15.3. The fourth-order valence-electron chi connectivity index (χ4n) is 2.85. The van der Waals surface area contributed by atoms with Gasteiger partial charge in [0.25, 0.3) is 0 Å². The van der Waals surface area contributed by atoms with Crippen LogP contribution in [-0.2, 0) is 11.3 Å². The molecule has 0 aliphatic carbocycles. The third-order valence-corrected chi connectivity index (χ3v) is 4.03. The topological polar surface area (TPSA) is 76.2 Å². The van der Waals surface area contributed by atoms with Crippen LogP contribution in [0.1, 0.15) is 6.42 Å². The van der Waals surface area contributed by atoms with Crippen molar-refractivity contribution in [2.45, 2.75) is 13.0 Å². The Bertz CT molecular complexity index is 687. The van der Waals surface area contributed by atoms with Gasteiger partial charge in [-0.2, -0.15) is 5.10 Å². The number of hydrogen-bond acceptors (Lipinski definition) is 4. The summed E-state index contributed by atoms with van der Waals surface area (Å²) in [5.41, 5.74) is 6.73. The fourth-order valence-corrected chi connectivity index (χ4v) is 2.85. The molecule has 0 radical (unpaired) electrons. The zero-order chi connectivity index (χ0) is 16.2. The number of halogens is 1. The second-order valence-corrected chi connectivity index (χ2v) is 5.83. The SMILES string of the molecule is Nc1cnn(CC(=O)NC[C@@H]2CCN(c3ccccc3F)C2)c1. The third-order valence-electron chi connectivity index (χ3n) is 4.03. The van der Waals surface area contributed by atoms with Gasteiger partial charge in [0.15, 0.2) is 0 Å². The Morgan fingerprint density at radius 1 is 1.43 bits per heavy atom. The minimum atomic E-state index is -0.201. The molecular formula is C16H20FN5O. The van der Waals surface area contributed by atoms with Crippen LogP contribution in [0, 0.1) is 11.7 Å². The molecule has 0 saturated carbocycles. The highest BCUT2D eigenvalue weighted by atomic mass is 19.1. The molecule has 6 nitrogen and oxygen atoms in total. The van der Waals surface area contributed by atoms with Crippen LogP contribution in [-0.4, -0.2) is 35.3 Å². The molecule has 23 heavy (non-hydrogen) atoms. The smallest absolute Gasteiger partial charge is 0.241 e. The highest BCUT2D eigenvalue weighted by Crippen LogP contribution is 2.25. The Labute approximate surface area is 134 Å². The summed E-state index contributed by atoms with van der Waals surface area (Å²) in [6, 6.07) is 6.79.